The molecule has 0 aliphatic heterocycles. The molecule has 20 heavy (non-hydrogen) atoms. The molecule has 0 unspecified atom stereocenters. The number of aryl methyl sites for hydroxylation is 2. The number of nitrogens with one attached hydrogen (secondary N) is 1. The Labute approximate surface area is 117 Å². The first-order chi connectivity index (χ1) is 9.79. The fraction of sp³-hybridized carbons (Fsp3) is 0.462. The molecule has 0 saturated carbocycles. The highest BCUT2D eigenvalue weighted by Crippen LogP contribution is 1.94. The lowest BCUT2D eigenvalue weighted by molar-refractivity contribution is 0.199. The minimum Gasteiger partial charge on any atom is -0.383 e. The van der Waals surface area contributed by atoms with Gasteiger partial charge in [-0.3, -0.25) is 9.48 Å². The normalized spacial score (nSPS) is 10.8. The van der Waals surface area contributed by atoms with Gasteiger partial charge in [-0.2, -0.15) is 0 Å². The zero-order chi connectivity index (χ0) is 14.2. The summed E-state index contributed by atoms with van der Waals surface area (Å²) in [6.45, 7) is 3.32. The summed E-state index contributed by atoms with van der Waals surface area (Å²) in [4.78, 5) is 11.5. The molecule has 7 nitrogen and oxygen atoms in total. The molecule has 2 aromatic rings. The molecule has 0 aromatic carbocycles. The van der Waals surface area contributed by atoms with Crippen molar-refractivity contribution in [3.8, 4) is 0 Å². The van der Waals surface area contributed by atoms with E-state index in [4.69, 9.17) is 4.74 Å². The highest BCUT2D eigenvalue weighted by molar-refractivity contribution is 4.94. The number of ether oxygens (including phenoxy) is 1. The van der Waals surface area contributed by atoms with Crippen LogP contribution in [0.3, 0.4) is 0 Å². The molecule has 1 N–H and O–H groups in total. The zero-order valence-electron chi connectivity index (χ0n) is 11.5. The second kappa shape index (κ2) is 7.56. The van der Waals surface area contributed by atoms with Gasteiger partial charge in [0.25, 0.3) is 5.56 Å². The van der Waals surface area contributed by atoms with Crippen LogP contribution in [0.5, 0.6) is 0 Å². The van der Waals surface area contributed by atoms with Gasteiger partial charge in [-0.15, -0.1) is 5.10 Å². The number of methoxy groups -OCH3 is 1. The molecule has 0 fully saturated rings. The molecule has 2 aromatic heterocycles. The highest BCUT2D eigenvalue weighted by atomic mass is 16.5. The summed E-state index contributed by atoms with van der Waals surface area (Å²) in [5.41, 5.74) is 0.871. The SMILES string of the molecule is COCCNCc1cn(CCn2ccccc2=O)nn1. The minimum absolute atomic E-state index is 0.00549. The van der Waals surface area contributed by atoms with E-state index in [0.29, 0.717) is 26.2 Å². The van der Waals surface area contributed by atoms with E-state index in [1.54, 1.807) is 34.7 Å². The Kier molecular flexibility index (Phi) is 5.45. The third-order valence-electron chi connectivity index (χ3n) is 2.84. The Hall–Kier alpha value is -1.99. The van der Waals surface area contributed by atoms with Gasteiger partial charge in [0.05, 0.1) is 18.8 Å². The molecule has 2 heterocycles. The van der Waals surface area contributed by atoms with Crippen molar-refractivity contribution in [2.24, 2.45) is 0 Å². The third kappa shape index (κ3) is 4.29. The number of rotatable bonds is 8. The molecule has 0 radical (unpaired) electrons. The second-order valence-electron chi connectivity index (χ2n) is 4.37. The molecule has 0 bridgehead atoms. The van der Waals surface area contributed by atoms with Crippen LogP contribution < -0.4 is 10.9 Å². The Morgan fingerprint density at radius 2 is 2.25 bits per heavy atom. The van der Waals surface area contributed by atoms with E-state index >= 15 is 0 Å². The maximum absolute atomic E-state index is 11.5. The minimum atomic E-state index is -0.00549. The molecule has 0 amide bonds. The van der Waals surface area contributed by atoms with Crippen molar-refractivity contribution >= 4 is 0 Å². The van der Waals surface area contributed by atoms with Gasteiger partial charge in [0, 0.05) is 45.2 Å². The summed E-state index contributed by atoms with van der Waals surface area (Å²) in [5, 5.41) is 11.3. The third-order valence-corrected chi connectivity index (χ3v) is 2.84. The predicted molar refractivity (Wildman–Crippen MR) is 74.3 cm³/mol. The van der Waals surface area contributed by atoms with Crippen molar-refractivity contribution in [1.29, 1.82) is 0 Å². The van der Waals surface area contributed by atoms with Crippen molar-refractivity contribution in [3.63, 3.8) is 0 Å². The molecule has 2 rings (SSSR count). The lowest BCUT2D eigenvalue weighted by Crippen LogP contribution is -2.20. The number of hydrogen-bond donors (Lipinski definition) is 1. The van der Waals surface area contributed by atoms with Gasteiger partial charge in [0.1, 0.15) is 0 Å². The van der Waals surface area contributed by atoms with Crippen molar-refractivity contribution in [3.05, 3.63) is 46.6 Å². The molecule has 108 valence electrons. The van der Waals surface area contributed by atoms with Crippen molar-refractivity contribution in [2.45, 2.75) is 19.6 Å². The van der Waals surface area contributed by atoms with Crippen LogP contribution in [0.1, 0.15) is 5.69 Å². The van der Waals surface area contributed by atoms with Gasteiger partial charge in [0.15, 0.2) is 0 Å². The number of aromatic nitrogens is 4. The summed E-state index contributed by atoms with van der Waals surface area (Å²) in [5.74, 6) is 0. The Morgan fingerprint density at radius 1 is 1.35 bits per heavy atom. The average molecular weight is 277 g/mol. The summed E-state index contributed by atoms with van der Waals surface area (Å²) in [6, 6.07) is 5.12. The predicted octanol–water partition coefficient (Wildman–Crippen LogP) is -0.124. The van der Waals surface area contributed by atoms with E-state index < -0.39 is 0 Å². The molecule has 0 saturated heterocycles. The molecule has 0 aliphatic carbocycles. The fourth-order valence-corrected chi connectivity index (χ4v) is 1.78. The van der Waals surface area contributed by atoms with Crippen LogP contribution in [-0.4, -0.2) is 39.8 Å². The van der Waals surface area contributed by atoms with Crippen LogP contribution in [0.15, 0.2) is 35.4 Å². The van der Waals surface area contributed by atoms with E-state index in [1.165, 1.54) is 0 Å². The molecule has 7 heteroatoms. The standard InChI is InChI=1S/C13H19N5O2/c1-20-9-5-14-10-12-11-18(16-15-12)8-7-17-6-3-2-4-13(17)19/h2-4,6,11,14H,5,7-10H2,1H3. The Balaban J connectivity index is 1.81. The van der Waals surface area contributed by atoms with Gasteiger partial charge >= 0.3 is 0 Å². The van der Waals surface area contributed by atoms with Crippen molar-refractivity contribution in [2.75, 3.05) is 20.3 Å². The van der Waals surface area contributed by atoms with Gasteiger partial charge in [0.2, 0.25) is 0 Å². The van der Waals surface area contributed by atoms with E-state index in [-0.39, 0.29) is 5.56 Å². The van der Waals surface area contributed by atoms with Gasteiger partial charge < -0.3 is 14.6 Å². The number of nitrogens with zero attached hydrogens (tertiary/aromatic N) is 4. The second-order valence-corrected chi connectivity index (χ2v) is 4.37. The van der Waals surface area contributed by atoms with Crippen LogP contribution in [0, 0.1) is 0 Å². The highest BCUT2D eigenvalue weighted by Gasteiger charge is 2.01. The fourth-order valence-electron chi connectivity index (χ4n) is 1.78. The van der Waals surface area contributed by atoms with Crippen LogP contribution in [0.2, 0.25) is 0 Å². The van der Waals surface area contributed by atoms with E-state index in [1.807, 2.05) is 12.3 Å². The van der Waals surface area contributed by atoms with Crippen LogP contribution >= 0.6 is 0 Å². The zero-order valence-corrected chi connectivity index (χ0v) is 11.5. The maximum Gasteiger partial charge on any atom is 0.250 e. The van der Waals surface area contributed by atoms with Crippen LogP contribution in [0.4, 0.5) is 0 Å². The lowest BCUT2D eigenvalue weighted by atomic mass is 10.4. The maximum atomic E-state index is 11.5. The van der Waals surface area contributed by atoms with E-state index in [2.05, 4.69) is 15.6 Å². The van der Waals surface area contributed by atoms with E-state index in [9.17, 15) is 4.79 Å². The first-order valence-corrected chi connectivity index (χ1v) is 6.54. The summed E-state index contributed by atoms with van der Waals surface area (Å²) < 4.78 is 8.34. The van der Waals surface area contributed by atoms with Crippen molar-refractivity contribution < 1.29 is 4.74 Å². The molecule has 0 spiro atoms. The number of pyridine rings is 1. The van der Waals surface area contributed by atoms with Gasteiger partial charge in [-0.1, -0.05) is 11.3 Å². The number of hydrogen-bond acceptors (Lipinski definition) is 5. The molecular formula is C13H19N5O2. The summed E-state index contributed by atoms with van der Waals surface area (Å²) >= 11 is 0. The van der Waals surface area contributed by atoms with Crippen molar-refractivity contribution in [1.82, 2.24) is 24.9 Å². The van der Waals surface area contributed by atoms with Crippen LogP contribution in [0.25, 0.3) is 0 Å². The molecular weight excluding hydrogens is 258 g/mol. The Morgan fingerprint density at radius 3 is 3.05 bits per heavy atom. The first kappa shape index (κ1) is 14.4. The first-order valence-electron chi connectivity index (χ1n) is 6.54. The quantitative estimate of drug-likeness (QED) is 0.681. The average Bonchev–Trinajstić information content (AvgIpc) is 2.91. The topological polar surface area (TPSA) is 74.0 Å². The lowest BCUT2D eigenvalue weighted by Gasteiger charge is -2.04. The monoisotopic (exact) mass is 277 g/mol. The summed E-state index contributed by atoms with van der Waals surface area (Å²) in [6.07, 6.45) is 3.65. The molecule has 0 atom stereocenters. The largest absolute Gasteiger partial charge is 0.383 e. The van der Waals surface area contributed by atoms with Gasteiger partial charge in [-0.25, -0.2) is 0 Å². The van der Waals surface area contributed by atoms with Gasteiger partial charge in [-0.05, 0) is 6.07 Å². The Bertz CT molecular complexity index is 578. The summed E-state index contributed by atoms with van der Waals surface area (Å²) in [7, 11) is 1.67. The van der Waals surface area contributed by atoms with E-state index in [0.717, 1.165) is 12.2 Å². The smallest absolute Gasteiger partial charge is 0.250 e. The molecule has 0 aliphatic rings. The van der Waals surface area contributed by atoms with Crippen LogP contribution in [-0.2, 0) is 24.4 Å².